The maximum Gasteiger partial charge on any atom is 0.439 e. The molecule has 0 spiro atoms. The SMILES string of the molecule is N=C(OC(N)C(F)(F)F)C1CCC(CN(CC2=CCNCC2)C(=O)N2CCOCC2)CC1. The summed E-state index contributed by atoms with van der Waals surface area (Å²) < 4.78 is 47.8. The average molecular weight is 462 g/mol. The van der Waals surface area contributed by atoms with Crippen LogP contribution in [0.5, 0.6) is 0 Å². The van der Waals surface area contributed by atoms with Crippen molar-refractivity contribution in [3.63, 3.8) is 0 Å². The van der Waals surface area contributed by atoms with Gasteiger partial charge in [0.25, 0.3) is 0 Å². The lowest BCUT2D eigenvalue weighted by atomic mass is 9.81. The highest BCUT2D eigenvalue weighted by molar-refractivity contribution is 5.76. The number of hydrogen-bond acceptors (Lipinski definition) is 6. The fourth-order valence-electron chi connectivity index (χ4n) is 4.44. The van der Waals surface area contributed by atoms with Crippen molar-refractivity contribution in [2.45, 2.75) is 44.5 Å². The van der Waals surface area contributed by atoms with Crippen LogP contribution in [0.25, 0.3) is 0 Å². The highest BCUT2D eigenvalue weighted by Crippen LogP contribution is 2.32. The van der Waals surface area contributed by atoms with Gasteiger partial charge in [-0.1, -0.05) is 11.6 Å². The lowest BCUT2D eigenvalue weighted by molar-refractivity contribution is -0.198. The lowest BCUT2D eigenvalue weighted by Gasteiger charge is -2.37. The maximum atomic E-state index is 13.2. The van der Waals surface area contributed by atoms with Crippen molar-refractivity contribution in [3.8, 4) is 0 Å². The second-order valence-corrected chi connectivity index (χ2v) is 8.74. The summed E-state index contributed by atoms with van der Waals surface area (Å²) in [6.45, 7) is 5.15. The molecule has 0 aromatic heterocycles. The van der Waals surface area contributed by atoms with E-state index in [2.05, 4.69) is 16.1 Å². The number of carbonyl (C=O) groups excluding carboxylic acids is 1. The first-order valence-corrected chi connectivity index (χ1v) is 11.3. The summed E-state index contributed by atoms with van der Waals surface area (Å²) >= 11 is 0. The van der Waals surface area contributed by atoms with Gasteiger partial charge in [-0.25, -0.2) is 4.79 Å². The van der Waals surface area contributed by atoms with Gasteiger partial charge in [-0.05, 0) is 44.6 Å². The monoisotopic (exact) mass is 461 g/mol. The molecule has 8 nitrogen and oxygen atoms in total. The Bertz CT molecular complexity index is 674. The van der Waals surface area contributed by atoms with Crippen LogP contribution in [0.2, 0.25) is 0 Å². The average Bonchev–Trinajstić information content (AvgIpc) is 2.79. The molecule has 2 aliphatic heterocycles. The quantitative estimate of drug-likeness (QED) is 0.244. The molecule has 0 aromatic carbocycles. The highest BCUT2D eigenvalue weighted by Gasteiger charge is 2.40. The van der Waals surface area contributed by atoms with Crippen LogP contribution in [0.3, 0.4) is 0 Å². The van der Waals surface area contributed by atoms with Crippen molar-refractivity contribution < 1.29 is 27.4 Å². The van der Waals surface area contributed by atoms with Gasteiger partial charge >= 0.3 is 12.2 Å². The number of morpholine rings is 1. The van der Waals surface area contributed by atoms with Gasteiger partial charge in [0, 0.05) is 38.6 Å². The van der Waals surface area contributed by atoms with Crippen LogP contribution in [0.1, 0.15) is 32.1 Å². The Hall–Kier alpha value is -1.85. The molecule has 1 aliphatic carbocycles. The number of ether oxygens (including phenoxy) is 2. The molecule has 2 amide bonds. The van der Waals surface area contributed by atoms with Gasteiger partial charge in [-0.15, -0.1) is 0 Å². The number of hydrogen-bond donors (Lipinski definition) is 3. The summed E-state index contributed by atoms with van der Waals surface area (Å²) in [5.74, 6) is -0.521. The Balaban J connectivity index is 1.55. The van der Waals surface area contributed by atoms with Crippen LogP contribution in [0.15, 0.2) is 11.6 Å². The van der Waals surface area contributed by atoms with Gasteiger partial charge in [-0.3, -0.25) is 11.1 Å². The summed E-state index contributed by atoms with van der Waals surface area (Å²) in [7, 11) is 0. The number of nitrogens with two attached hydrogens (primary N) is 1. The van der Waals surface area contributed by atoms with Crippen molar-refractivity contribution in [2.24, 2.45) is 17.6 Å². The van der Waals surface area contributed by atoms with E-state index in [4.69, 9.17) is 15.9 Å². The van der Waals surface area contributed by atoms with Crippen molar-refractivity contribution in [3.05, 3.63) is 11.6 Å². The van der Waals surface area contributed by atoms with E-state index >= 15 is 0 Å². The Kier molecular flexibility index (Phi) is 8.78. The molecule has 4 N–H and O–H groups in total. The first-order chi connectivity index (χ1) is 15.2. The van der Waals surface area contributed by atoms with Crippen molar-refractivity contribution in [1.82, 2.24) is 15.1 Å². The normalized spacial score (nSPS) is 25.6. The first kappa shape index (κ1) is 24.8. The molecule has 1 unspecified atom stereocenters. The third-order valence-corrected chi connectivity index (χ3v) is 6.38. The zero-order valence-corrected chi connectivity index (χ0v) is 18.3. The van der Waals surface area contributed by atoms with Gasteiger partial charge in [0.05, 0.1) is 13.2 Å². The molecule has 2 fully saturated rings. The Morgan fingerprint density at radius 2 is 2.00 bits per heavy atom. The van der Waals surface area contributed by atoms with E-state index in [0.717, 1.165) is 32.4 Å². The Morgan fingerprint density at radius 1 is 1.31 bits per heavy atom. The molecule has 1 saturated carbocycles. The molecule has 1 saturated heterocycles. The molecule has 32 heavy (non-hydrogen) atoms. The first-order valence-electron chi connectivity index (χ1n) is 11.3. The minimum absolute atomic E-state index is 0.0158. The largest absolute Gasteiger partial charge is 0.453 e. The van der Waals surface area contributed by atoms with Crippen LogP contribution in [-0.2, 0) is 9.47 Å². The fraction of sp³-hybridized carbons (Fsp3) is 0.810. The molecule has 0 aromatic rings. The predicted octanol–water partition coefficient (Wildman–Crippen LogP) is 2.31. The van der Waals surface area contributed by atoms with Crippen LogP contribution in [-0.4, -0.2) is 86.6 Å². The molecule has 1 atom stereocenters. The highest BCUT2D eigenvalue weighted by atomic mass is 19.4. The number of alkyl halides is 3. The molecule has 3 rings (SSSR count). The van der Waals surface area contributed by atoms with E-state index in [-0.39, 0.29) is 17.9 Å². The number of halogens is 3. The number of urea groups is 1. The smallest absolute Gasteiger partial charge is 0.439 e. The summed E-state index contributed by atoms with van der Waals surface area (Å²) in [4.78, 5) is 17.0. The molecule has 0 bridgehead atoms. The number of nitrogens with one attached hydrogen (secondary N) is 2. The standard InChI is InChI=1S/C21H34F3N5O3/c22-21(23,24)19(26)32-18(25)17-3-1-15(2-4-17)13-29(14-16-5-7-27-8-6-16)20(30)28-9-11-31-12-10-28/h5,15,17,19,25,27H,1-4,6-14,26H2. The topological polar surface area (TPSA) is 104 Å². The second kappa shape index (κ2) is 11.3. The van der Waals surface area contributed by atoms with Crippen LogP contribution < -0.4 is 11.1 Å². The summed E-state index contributed by atoms with van der Waals surface area (Å²) in [5.41, 5.74) is 6.23. The molecule has 0 radical (unpaired) electrons. The zero-order chi connectivity index (χ0) is 23.1. The van der Waals surface area contributed by atoms with Crippen molar-refractivity contribution >= 4 is 11.9 Å². The minimum atomic E-state index is -4.69. The molecular formula is C21H34F3N5O3. The fourth-order valence-corrected chi connectivity index (χ4v) is 4.44. The van der Waals surface area contributed by atoms with E-state index in [1.807, 2.05) is 9.80 Å². The Labute approximate surface area is 186 Å². The third kappa shape index (κ3) is 7.08. The van der Waals surface area contributed by atoms with Crippen LogP contribution in [0, 0.1) is 17.2 Å². The third-order valence-electron chi connectivity index (χ3n) is 6.38. The van der Waals surface area contributed by atoms with E-state index in [0.29, 0.717) is 52.2 Å². The molecule has 3 aliphatic rings. The predicted molar refractivity (Wildman–Crippen MR) is 113 cm³/mol. The van der Waals surface area contributed by atoms with E-state index in [1.54, 1.807) is 0 Å². The molecular weight excluding hydrogens is 427 g/mol. The van der Waals surface area contributed by atoms with E-state index < -0.39 is 18.3 Å². The summed E-state index contributed by atoms with van der Waals surface area (Å²) in [6, 6.07) is 0.0158. The van der Waals surface area contributed by atoms with Crippen LogP contribution in [0.4, 0.5) is 18.0 Å². The van der Waals surface area contributed by atoms with E-state index in [1.165, 1.54) is 5.57 Å². The summed E-state index contributed by atoms with van der Waals surface area (Å²) in [6.07, 6.45) is -1.53. The van der Waals surface area contributed by atoms with Crippen molar-refractivity contribution in [1.29, 1.82) is 5.41 Å². The van der Waals surface area contributed by atoms with Crippen LogP contribution >= 0.6 is 0 Å². The number of amides is 2. The molecule has 2 heterocycles. The van der Waals surface area contributed by atoms with Gasteiger partial charge in [0.15, 0.2) is 5.90 Å². The number of rotatable bonds is 6. The van der Waals surface area contributed by atoms with Crippen molar-refractivity contribution in [2.75, 3.05) is 52.5 Å². The minimum Gasteiger partial charge on any atom is -0.453 e. The molecule has 182 valence electrons. The second-order valence-electron chi connectivity index (χ2n) is 8.74. The number of nitrogens with zero attached hydrogens (tertiary/aromatic N) is 2. The zero-order valence-electron chi connectivity index (χ0n) is 18.3. The summed E-state index contributed by atoms with van der Waals surface area (Å²) in [5, 5.41) is 11.2. The number of carbonyl (C=O) groups is 1. The molecule has 11 heteroatoms. The van der Waals surface area contributed by atoms with Gasteiger partial charge in [0.1, 0.15) is 0 Å². The van der Waals surface area contributed by atoms with E-state index in [9.17, 15) is 18.0 Å². The van der Waals surface area contributed by atoms with Gasteiger partial charge < -0.3 is 24.6 Å². The Morgan fingerprint density at radius 3 is 2.59 bits per heavy atom. The maximum absolute atomic E-state index is 13.2. The van der Waals surface area contributed by atoms with Gasteiger partial charge in [0.2, 0.25) is 6.23 Å². The van der Waals surface area contributed by atoms with Gasteiger partial charge in [-0.2, -0.15) is 13.2 Å². The lowest BCUT2D eigenvalue weighted by Crippen LogP contribution is -2.50.